The van der Waals surface area contributed by atoms with Crippen LogP contribution in [0.1, 0.15) is 37.9 Å². The van der Waals surface area contributed by atoms with E-state index in [1.165, 1.54) is 11.1 Å². The first-order valence-electron chi connectivity index (χ1n) is 5.69. The van der Waals surface area contributed by atoms with Crippen LogP contribution >= 0.6 is 0 Å². The van der Waals surface area contributed by atoms with E-state index in [0.29, 0.717) is 6.04 Å². The Kier molecular flexibility index (Phi) is 4.36. The zero-order valence-electron chi connectivity index (χ0n) is 10.7. The summed E-state index contributed by atoms with van der Waals surface area (Å²) >= 11 is 0. The summed E-state index contributed by atoms with van der Waals surface area (Å²) in [7, 11) is 0. The van der Waals surface area contributed by atoms with Crippen molar-refractivity contribution in [3.05, 3.63) is 59.9 Å². The van der Waals surface area contributed by atoms with E-state index in [0.717, 1.165) is 5.70 Å². The third-order valence-corrected chi connectivity index (χ3v) is 2.69. The normalized spacial score (nSPS) is 12.8. The second-order valence-corrected chi connectivity index (χ2v) is 4.22. The molecule has 1 atom stereocenters. The smallest absolute Gasteiger partial charge is 0.0554 e. The standard InChI is InChI=1S/C15H21N/c1-6-10-16(12(2)3)14(5)15-9-7-8-13(4)11-15/h6-11,14H,2H2,1,3-5H3/b10-6-. The van der Waals surface area contributed by atoms with Crippen molar-refractivity contribution in [1.82, 2.24) is 4.90 Å². The lowest BCUT2D eigenvalue weighted by Crippen LogP contribution is -2.18. The third kappa shape index (κ3) is 2.99. The number of allylic oxidation sites excluding steroid dienone is 2. The molecule has 0 radical (unpaired) electrons. The number of hydrogen-bond donors (Lipinski definition) is 0. The van der Waals surface area contributed by atoms with Crippen LogP contribution in [0.5, 0.6) is 0 Å². The molecule has 86 valence electrons. The van der Waals surface area contributed by atoms with E-state index in [2.05, 4.69) is 55.8 Å². The highest BCUT2D eigenvalue weighted by molar-refractivity contribution is 5.26. The third-order valence-electron chi connectivity index (χ3n) is 2.69. The Balaban J connectivity index is 2.98. The van der Waals surface area contributed by atoms with Crippen LogP contribution < -0.4 is 0 Å². The van der Waals surface area contributed by atoms with E-state index in [1.807, 2.05) is 19.9 Å². The van der Waals surface area contributed by atoms with Gasteiger partial charge in [-0.05, 0) is 33.3 Å². The number of rotatable bonds is 4. The summed E-state index contributed by atoms with van der Waals surface area (Å²) in [5, 5.41) is 0. The summed E-state index contributed by atoms with van der Waals surface area (Å²) in [4.78, 5) is 2.19. The highest BCUT2D eigenvalue weighted by Crippen LogP contribution is 2.24. The first kappa shape index (κ1) is 12.6. The van der Waals surface area contributed by atoms with Gasteiger partial charge in [0, 0.05) is 11.9 Å². The van der Waals surface area contributed by atoms with Crippen molar-refractivity contribution in [3.8, 4) is 0 Å². The molecule has 0 saturated heterocycles. The van der Waals surface area contributed by atoms with Gasteiger partial charge >= 0.3 is 0 Å². The van der Waals surface area contributed by atoms with Crippen molar-refractivity contribution < 1.29 is 0 Å². The zero-order chi connectivity index (χ0) is 12.1. The van der Waals surface area contributed by atoms with Crippen LogP contribution in [-0.2, 0) is 0 Å². The average molecular weight is 215 g/mol. The summed E-state index contributed by atoms with van der Waals surface area (Å²) in [6, 6.07) is 8.94. The molecule has 0 aromatic heterocycles. The summed E-state index contributed by atoms with van der Waals surface area (Å²) in [5.41, 5.74) is 3.68. The number of hydrogen-bond acceptors (Lipinski definition) is 1. The molecule has 0 amide bonds. The Hall–Kier alpha value is -1.50. The Bertz CT molecular complexity index is 390. The van der Waals surface area contributed by atoms with Crippen LogP contribution in [0.15, 0.2) is 48.8 Å². The van der Waals surface area contributed by atoms with E-state index < -0.39 is 0 Å². The quantitative estimate of drug-likeness (QED) is 0.718. The van der Waals surface area contributed by atoms with Gasteiger partial charge in [-0.15, -0.1) is 0 Å². The van der Waals surface area contributed by atoms with Gasteiger partial charge in [-0.2, -0.15) is 0 Å². The minimum atomic E-state index is 0.327. The molecule has 0 aliphatic carbocycles. The lowest BCUT2D eigenvalue weighted by Gasteiger charge is -2.28. The van der Waals surface area contributed by atoms with Gasteiger partial charge in [0.05, 0.1) is 6.04 Å². The summed E-state index contributed by atoms with van der Waals surface area (Å²) in [6.07, 6.45) is 4.12. The Morgan fingerprint density at radius 2 is 2.12 bits per heavy atom. The maximum atomic E-state index is 4.02. The maximum Gasteiger partial charge on any atom is 0.0554 e. The van der Waals surface area contributed by atoms with Gasteiger partial charge in [-0.1, -0.05) is 42.5 Å². The number of benzene rings is 1. The molecule has 0 spiro atoms. The molecule has 1 rings (SSSR count). The van der Waals surface area contributed by atoms with Crippen molar-refractivity contribution in [3.63, 3.8) is 0 Å². The lowest BCUT2D eigenvalue weighted by molar-refractivity contribution is 0.371. The first-order valence-corrected chi connectivity index (χ1v) is 5.69. The molecule has 0 bridgehead atoms. The molecule has 1 nitrogen and oxygen atoms in total. The van der Waals surface area contributed by atoms with Crippen LogP contribution in [0.2, 0.25) is 0 Å². The fourth-order valence-electron chi connectivity index (χ4n) is 1.84. The maximum absolute atomic E-state index is 4.02. The van der Waals surface area contributed by atoms with Crippen molar-refractivity contribution in [2.45, 2.75) is 33.7 Å². The van der Waals surface area contributed by atoms with E-state index in [-0.39, 0.29) is 0 Å². The number of nitrogens with zero attached hydrogens (tertiary/aromatic N) is 1. The van der Waals surface area contributed by atoms with Gasteiger partial charge in [0.15, 0.2) is 0 Å². The highest BCUT2D eigenvalue weighted by atomic mass is 15.1. The molecule has 0 aliphatic rings. The van der Waals surface area contributed by atoms with Crippen LogP contribution in [0.4, 0.5) is 0 Å². The molecule has 1 unspecified atom stereocenters. The fourth-order valence-corrected chi connectivity index (χ4v) is 1.84. The second-order valence-electron chi connectivity index (χ2n) is 4.22. The Morgan fingerprint density at radius 3 is 2.62 bits per heavy atom. The van der Waals surface area contributed by atoms with Gasteiger partial charge < -0.3 is 4.90 Å². The summed E-state index contributed by atoms with van der Waals surface area (Å²) in [6.45, 7) is 12.4. The van der Waals surface area contributed by atoms with Crippen LogP contribution in [0, 0.1) is 6.92 Å². The second kappa shape index (κ2) is 5.55. The van der Waals surface area contributed by atoms with Gasteiger partial charge in [0.25, 0.3) is 0 Å². The molecule has 0 N–H and O–H groups in total. The molecule has 16 heavy (non-hydrogen) atoms. The average Bonchev–Trinajstić information content (AvgIpc) is 2.24. The van der Waals surface area contributed by atoms with Crippen LogP contribution in [-0.4, -0.2) is 4.90 Å². The van der Waals surface area contributed by atoms with Crippen molar-refractivity contribution in [2.75, 3.05) is 0 Å². The zero-order valence-corrected chi connectivity index (χ0v) is 10.7. The molecular weight excluding hydrogens is 194 g/mol. The number of aryl methyl sites for hydroxylation is 1. The fraction of sp³-hybridized carbons (Fsp3) is 0.333. The summed E-state index contributed by atoms with van der Waals surface area (Å²) in [5.74, 6) is 0. The SMILES string of the molecule is C=C(C)N(/C=C\C)C(C)c1cccc(C)c1. The Morgan fingerprint density at radius 1 is 1.44 bits per heavy atom. The molecule has 0 fully saturated rings. The highest BCUT2D eigenvalue weighted by Gasteiger charge is 2.12. The van der Waals surface area contributed by atoms with E-state index in [9.17, 15) is 0 Å². The van der Waals surface area contributed by atoms with Crippen molar-refractivity contribution in [1.29, 1.82) is 0 Å². The topological polar surface area (TPSA) is 3.24 Å². The van der Waals surface area contributed by atoms with Gasteiger partial charge in [0.1, 0.15) is 0 Å². The molecule has 1 aromatic carbocycles. The Labute approximate surface area is 99.1 Å². The van der Waals surface area contributed by atoms with Crippen molar-refractivity contribution in [2.24, 2.45) is 0 Å². The predicted molar refractivity (Wildman–Crippen MR) is 71.1 cm³/mol. The first-order chi connectivity index (χ1) is 7.56. The predicted octanol–water partition coefficient (Wildman–Crippen LogP) is 4.43. The molecular formula is C15H21N. The van der Waals surface area contributed by atoms with E-state index in [4.69, 9.17) is 0 Å². The van der Waals surface area contributed by atoms with Gasteiger partial charge in [-0.25, -0.2) is 0 Å². The molecule has 1 aromatic rings. The largest absolute Gasteiger partial charge is 0.346 e. The van der Waals surface area contributed by atoms with Gasteiger partial charge in [-0.3, -0.25) is 0 Å². The van der Waals surface area contributed by atoms with E-state index in [1.54, 1.807) is 0 Å². The van der Waals surface area contributed by atoms with Crippen LogP contribution in [0.25, 0.3) is 0 Å². The monoisotopic (exact) mass is 215 g/mol. The van der Waals surface area contributed by atoms with Gasteiger partial charge in [0.2, 0.25) is 0 Å². The molecule has 0 heterocycles. The minimum Gasteiger partial charge on any atom is -0.346 e. The van der Waals surface area contributed by atoms with E-state index >= 15 is 0 Å². The lowest BCUT2D eigenvalue weighted by atomic mass is 10.0. The molecule has 1 heteroatoms. The summed E-state index contributed by atoms with van der Waals surface area (Å²) < 4.78 is 0. The molecule has 0 aliphatic heterocycles. The molecule has 0 saturated carbocycles. The van der Waals surface area contributed by atoms with Crippen molar-refractivity contribution >= 4 is 0 Å². The van der Waals surface area contributed by atoms with Crippen LogP contribution in [0.3, 0.4) is 0 Å². The minimum absolute atomic E-state index is 0.327.